The summed E-state index contributed by atoms with van der Waals surface area (Å²) in [7, 11) is 0. The topological polar surface area (TPSA) is 59.9 Å². The first-order chi connectivity index (χ1) is 12.1. The van der Waals surface area contributed by atoms with Crippen LogP contribution in [0.2, 0.25) is 0 Å². The molecule has 1 rings (SSSR count). The highest BCUT2D eigenvalue weighted by molar-refractivity contribution is 5.56. The first kappa shape index (κ1) is 23.9. The third kappa shape index (κ3) is 6.46. The number of hydrogen-bond donors (Lipinski definition) is 1. The quantitative estimate of drug-likeness (QED) is 0.696. The first-order valence-electron chi connectivity index (χ1n) is 9.91. The lowest BCUT2D eigenvalue weighted by Crippen LogP contribution is -3.10. The number of hydroxylamine groups is 2. The van der Waals surface area contributed by atoms with E-state index in [1.165, 1.54) is 0 Å². The van der Waals surface area contributed by atoms with E-state index < -0.39 is 16.7 Å². The molecule has 2 atom stereocenters. The lowest BCUT2D eigenvalue weighted by molar-refractivity contribution is -0.832. The number of quaternary nitrogens is 1. The second-order valence-electron chi connectivity index (χ2n) is 10.1. The summed E-state index contributed by atoms with van der Waals surface area (Å²) in [6.07, 6.45) is 1.04. The highest BCUT2D eigenvalue weighted by Gasteiger charge is 2.30. The third-order valence-corrected chi connectivity index (χ3v) is 4.83. The van der Waals surface area contributed by atoms with E-state index in [2.05, 4.69) is 13.8 Å². The van der Waals surface area contributed by atoms with Crippen molar-refractivity contribution in [2.24, 2.45) is 5.92 Å². The smallest absolute Gasteiger partial charge is 0.134 e. The number of hydrogen-bond acceptors (Lipinski definition) is 3. The Hall–Kier alpha value is -1.14. The van der Waals surface area contributed by atoms with Gasteiger partial charge in [-0.05, 0) is 72.9 Å². The molecule has 0 aliphatic rings. The monoisotopic (exact) mass is 379 g/mol. The summed E-state index contributed by atoms with van der Waals surface area (Å²) in [5, 5.41) is 26.8. The largest absolute Gasteiger partial charge is 0.628 e. The van der Waals surface area contributed by atoms with Gasteiger partial charge in [0.2, 0.25) is 0 Å². The summed E-state index contributed by atoms with van der Waals surface area (Å²) in [5.41, 5.74) is 0.190. The fourth-order valence-corrected chi connectivity index (χ4v) is 2.58. The van der Waals surface area contributed by atoms with Gasteiger partial charge >= 0.3 is 0 Å². The summed E-state index contributed by atoms with van der Waals surface area (Å²) < 4.78 is 6.18. The molecule has 0 aromatic heterocycles. The summed E-state index contributed by atoms with van der Waals surface area (Å²) in [4.78, 5) is 0. The van der Waals surface area contributed by atoms with Crippen LogP contribution in [-0.4, -0.2) is 17.7 Å². The van der Waals surface area contributed by atoms with E-state index in [0.29, 0.717) is 23.9 Å². The SMILES string of the molecule is CC[C@H](C)COC(C)(C)c1cc(N([O])C(C)(C)C)cc([NH+]([O-])C(C)(C)C)c1. The van der Waals surface area contributed by atoms with Gasteiger partial charge in [0.15, 0.2) is 0 Å². The maximum atomic E-state index is 12.9. The van der Waals surface area contributed by atoms with Crippen LogP contribution in [0.3, 0.4) is 0 Å². The van der Waals surface area contributed by atoms with Crippen LogP contribution < -0.4 is 10.1 Å². The van der Waals surface area contributed by atoms with Crippen molar-refractivity contribution in [3.8, 4) is 0 Å². The second-order valence-corrected chi connectivity index (χ2v) is 10.1. The Kier molecular flexibility index (Phi) is 7.50. The molecule has 5 heteroatoms. The van der Waals surface area contributed by atoms with E-state index in [-0.39, 0.29) is 5.06 Å². The molecule has 0 fully saturated rings. The molecule has 0 amide bonds. The fourth-order valence-electron chi connectivity index (χ4n) is 2.58. The van der Waals surface area contributed by atoms with E-state index >= 15 is 0 Å². The molecule has 1 N–H and O–H groups in total. The van der Waals surface area contributed by atoms with Crippen LogP contribution in [0, 0.1) is 11.1 Å². The Morgan fingerprint density at radius 3 is 2.07 bits per heavy atom. The normalized spacial score (nSPS) is 15.6. The number of benzene rings is 1. The standard InChI is InChI=1S/C22H39N2O3/c1-11-16(2)15-27-22(9,10)17-12-18(23(25)20(3,4)5)14-19(13-17)24(26)21(6,7)8/h12-14,16,23H,11,15H2,1-10H3/t16-/m0/s1. The van der Waals surface area contributed by atoms with Crippen molar-refractivity contribution in [2.75, 3.05) is 11.7 Å². The molecule has 0 heterocycles. The molecule has 155 valence electrons. The fraction of sp³-hybridized carbons (Fsp3) is 0.727. The molecule has 5 nitrogen and oxygen atoms in total. The minimum Gasteiger partial charge on any atom is -0.628 e. The number of nitrogens with one attached hydrogen (secondary N) is 1. The molecule has 1 radical (unpaired) electrons. The van der Waals surface area contributed by atoms with Crippen LogP contribution in [0.4, 0.5) is 11.4 Å². The molecule has 0 saturated heterocycles. The maximum Gasteiger partial charge on any atom is 0.134 e. The van der Waals surface area contributed by atoms with Crippen molar-refractivity contribution in [1.82, 2.24) is 0 Å². The summed E-state index contributed by atoms with van der Waals surface area (Å²) >= 11 is 0. The van der Waals surface area contributed by atoms with Crippen molar-refractivity contribution < 1.29 is 15.0 Å². The lowest BCUT2D eigenvalue weighted by atomic mass is 9.94. The summed E-state index contributed by atoms with van der Waals surface area (Å²) in [6, 6.07) is 5.44. The van der Waals surface area contributed by atoms with E-state index in [9.17, 15) is 10.4 Å². The predicted molar refractivity (Wildman–Crippen MR) is 112 cm³/mol. The molecular formula is C22H39N2O3. The molecule has 0 spiro atoms. The van der Waals surface area contributed by atoms with Crippen LogP contribution in [0.15, 0.2) is 18.2 Å². The van der Waals surface area contributed by atoms with E-state index in [0.717, 1.165) is 17.0 Å². The molecule has 1 aromatic carbocycles. The summed E-state index contributed by atoms with van der Waals surface area (Å²) in [6.45, 7) is 20.2. The predicted octanol–water partition coefficient (Wildman–Crippen LogP) is 4.75. The van der Waals surface area contributed by atoms with Gasteiger partial charge in [0.1, 0.15) is 5.69 Å². The Bertz CT molecular complexity index is 577. The molecule has 0 aliphatic heterocycles. The minimum absolute atomic E-state index is 0.0191. The molecule has 0 bridgehead atoms. The van der Waals surface area contributed by atoms with Gasteiger partial charge in [0.05, 0.1) is 29.0 Å². The van der Waals surface area contributed by atoms with Gasteiger partial charge in [-0.25, -0.2) is 5.06 Å². The minimum atomic E-state index is -0.595. The van der Waals surface area contributed by atoms with Gasteiger partial charge in [-0.3, -0.25) is 0 Å². The van der Waals surface area contributed by atoms with Crippen molar-refractivity contribution in [3.63, 3.8) is 0 Å². The first-order valence-corrected chi connectivity index (χ1v) is 9.91. The number of nitrogens with zero attached hydrogens (tertiary/aromatic N) is 1. The van der Waals surface area contributed by atoms with Gasteiger partial charge in [0.25, 0.3) is 0 Å². The van der Waals surface area contributed by atoms with E-state index in [1.54, 1.807) is 6.07 Å². The van der Waals surface area contributed by atoms with Gasteiger partial charge in [-0.15, -0.1) is 0 Å². The zero-order chi connectivity index (χ0) is 21.2. The summed E-state index contributed by atoms with van der Waals surface area (Å²) in [5.74, 6) is 0.453. The molecule has 0 saturated carbocycles. The average Bonchev–Trinajstić information content (AvgIpc) is 2.56. The van der Waals surface area contributed by atoms with Crippen molar-refractivity contribution in [1.29, 1.82) is 0 Å². The highest BCUT2D eigenvalue weighted by atomic mass is 16.5. The van der Waals surface area contributed by atoms with Crippen molar-refractivity contribution >= 4 is 11.4 Å². The van der Waals surface area contributed by atoms with Crippen LogP contribution in [0.25, 0.3) is 0 Å². The Morgan fingerprint density at radius 2 is 1.63 bits per heavy atom. The van der Waals surface area contributed by atoms with Crippen molar-refractivity contribution in [2.45, 2.75) is 92.3 Å². The number of rotatable bonds is 7. The molecule has 1 unspecified atom stereocenters. The van der Waals surface area contributed by atoms with Crippen LogP contribution >= 0.6 is 0 Å². The zero-order valence-electron chi connectivity index (χ0n) is 18.9. The van der Waals surface area contributed by atoms with Gasteiger partial charge in [-0.2, -0.15) is 0 Å². The molecular weight excluding hydrogens is 340 g/mol. The Labute approximate surface area is 165 Å². The highest BCUT2D eigenvalue weighted by Crippen LogP contribution is 2.33. The van der Waals surface area contributed by atoms with Gasteiger partial charge in [0, 0.05) is 12.1 Å². The van der Waals surface area contributed by atoms with Gasteiger partial charge in [-0.1, -0.05) is 25.5 Å². The zero-order valence-corrected chi connectivity index (χ0v) is 18.9. The van der Waals surface area contributed by atoms with E-state index in [1.807, 2.05) is 67.5 Å². The number of anilines is 1. The molecule has 27 heavy (non-hydrogen) atoms. The van der Waals surface area contributed by atoms with Crippen molar-refractivity contribution in [3.05, 3.63) is 29.0 Å². The second kappa shape index (κ2) is 8.48. The van der Waals surface area contributed by atoms with Crippen LogP contribution in [0.1, 0.15) is 81.2 Å². The third-order valence-electron chi connectivity index (χ3n) is 4.83. The van der Waals surface area contributed by atoms with Gasteiger partial charge < -0.3 is 15.0 Å². The lowest BCUT2D eigenvalue weighted by Gasteiger charge is -2.37. The molecule has 0 aliphatic carbocycles. The Morgan fingerprint density at radius 1 is 1.07 bits per heavy atom. The average molecular weight is 380 g/mol. The van der Waals surface area contributed by atoms with Crippen LogP contribution in [-0.2, 0) is 15.5 Å². The van der Waals surface area contributed by atoms with Crippen LogP contribution in [0.5, 0.6) is 0 Å². The molecule has 1 aromatic rings. The van der Waals surface area contributed by atoms with E-state index in [4.69, 9.17) is 4.74 Å². The maximum absolute atomic E-state index is 12.9. The Balaban J connectivity index is 3.41. The number of ether oxygens (including phenoxy) is 1.